The molecule has 1 atom stereocenters. The summed E-state index contributed by atoms with van der Waals surface area (Å²) in [6.07, 6.45) is -0.672. The van der Waals surface area contributed by atoms with Crippen molar-refractivity contribution in [3.05, 3.63) is 18.0 Å². The van der Waals surface area contributed by atoms with Gasteiger partial charge in [0.2, 0.25) is 0 Å². The van der Waals surface area contributed by atoms with Crippen molar-refractivity contribution in [2.45, 2.75) is 40.7 Å². The maximum atomic E-state index is 10.6. The quantitative estimate of drug-likeness (QED) is 0.919. The third kappa shape index (κ3) is 2.90. The monoisotopic (exact) mass is 306 g/mol. The standard InChI is InChI=1S/C17H26N2O3/c1-7-21-11-9-10-12(22-8-2)14-13(11)18-16(19(14)6)15(20)17(3,4)5/h9-10,15,20H,7-8H2,1-6H3. The SMILES string of the molecule is CCOc1ccc(OCC)c2c1nc(C(O)C(C)(C)C)n2C. The topological polar surface area (TPSA) is 56.5 Å². The van der Waals surface area contributed by atoms with Crippen molar-refractivity contribution in [3.8, 4) is 11.5 Å². The lowest BCUT2D eigenvalue weighted by Crippen LogP contribution is -2.21. The van der Waals surface area contributed by atoms with E-state index in [1.165, 1.54) is 0 Å². The molecular weight excluding hydrogens is 280 g/mol. The summed E-state index contributed by atoms with van der Waals surface area (Å²) in [5.41, 5.74) is 1.28. The highest BCUT2D eigenvalue weighted by atomic mass is 16.5. The first-order valence-electron chi connectivity index (χ1n) is 7.74. The molecule has 1 N–H and O–H groups in total. The zero-order valence-electron chi connectivity index (χ0n) is 14.3. The van der Waals surface area contributed by atoms with E-state index >= 15 is 0 Å². The van der Waals surface area contributed by atoms with Crippen LogP contribution in [0, 0.1) is 5.41 Å². The Morgan fingerprint density at radius 1 is 1.14 bits per heavy atom. The summed E-state index contributed by atoms with van der Waals surface area (Å²) in [6, 6.07) is 3.77. The molecule has 2 aromatic rings. The van der Waals surface area contributed by atoms with Crippen LogP contribution in [0.5, 0.6) is 11.5 Å². The summed E-state index contributed by atoms with van der Waals surface area (Å²) in [6.45, 7) is 11.0. The Balaban J connectivity index is 2.69. The van der Waals surface area contributed by atoms with E-state index in [0.717, 1.165) is 16.8 Å². The molecule has 0 radical (unpaired) electrons. The second kappa shape index (κ2) is 6.16. The zero-order valence-corrected chi connectivity index (χ0v) is 14.3. The predicted octanol–water partition coefficient (Wildman–Crippen LogP) is 3.45. The summed E-state index contributed by atoms with van der Waals surface area (Å²) < 4.78 is 13.3. The highest BCUT2D eigenvalue weighted by Crippen LogP contribution is 2.38. The lowest BCUT2D eigenvalue weighted by Gasteiger charge is -2.25. The summed E-state index contributed by atoms with van der Waals surface area (Å²) in [4.78, 5) is 4.65. The van der Waals surface area contributed by atoms with Crippen molar-refractivity contribution in [1.82, 2.24) is 9.55 Å². The number of hydrogen-bond donors (Lipinski definition) is 1. The summed E-state index contributed by atoms with van der Waals surface area (Å²) in [7, 11) is 1.90. The average molecular weight is 306 g/mol. The van der Waals surface area contributed by atoms with Crippen molar-refractivity contribution < 1.29 is 14.6 Å². The van der Waals surface area contributed by atoms with Crippen LogP contribution in [-0.4, -0.2) is 27.9 Å². The number of aliphatic hydroxyl groups is 1. The molecule has 0 amide bonds. The molecule has 1 aromatic heterocycles. The number of nitrogens with zero attached hydrogens (tertiary/aromatic N) is 2. The number of fused-ring (bicyclic) bond motifs is 1. The minimum atomic E-state index is -0.672. The molecule has 0 fully saturated rings. The lowest BCUT2D eigenvalue weighted by atomic mass is 9.89. The first kappa shape index (κ1) is 16.6. The molecule has 22 heavy (non-hydrogen) atoms. The maximum Gasteiger partial charge on any atom is 0.147 e. The number of imidazole rings is 1. The van der Waals surface area contributed by atoms with Crippen molar-refractivity contribution in [1.29, 1.82) is 0 Å². The van der Waals surface area contributed by atoms with Gasteiger partial charge in [0, 0.05) is 7.05 Å². The summed E-state index contributed by atoms with van der Waals surface area (Å²) in [5.74, 6) is 2.09. The Morgan fingerprint density at radius 3 is 2.23 bits per heavy atom. The lowest BCUT2D eigenvalue weighted by molar-refractivity contribution is 0.0529. The van der Waals surface area contributed by atoms with E-state index in [1.54, 1.807) is 0 Å². The number of rotatable bonds is 5. The van der Waals surface area contributed by atoms with E-state index in [9.17, 15) is 5.11 Å². The van der Waals surface area contributed by atoms with E-state index in [1.807, 2.05) is 58.4 Å². The molecule has 0 aliphatic heterocycles. The van der Waals surface area contributed by atoms with Crippen LogP contribution in [0.15, 0.2) is 12.1 Å². The van der Waals surface area contributed by atoms with Gasteiger partial charge < -0.3 is 19.1 Å². The van der Waals surface area contributed by atoms with E-state index in [0.29, 0.717) is 24.8 Å². The van der Waals surface area contributed by atoms with Crippen molar-refractivity contribution in [2.24, 2.45) is 12.5 Å². The minimum Gasteiger partial charge on any atom is -0.492 e. The van der Waals surface area contributed by atoms with Gasteiger partial charge in [-0.2, -0.15) is 0 Å². The molecule has 122 valence electrons. The van der Waals surface area contributed by atoms with Gasteiger partial charge in [0.05, 0.1) is 13.2 Å². The second-order valence-electron chi connectivity index (χ2n) is 6.42. The zero-order chi connectivity index (χ0) is 16.5. The summed E-state index contributed by atoms with van der Waals surface area (Å²) >= 11 is 0. The molecule has 1 aromatic carbocycles. The third-order valence-electron chi connectivity index (χ3n) is 3.65. The van der Waals surface area contributed by atoms with Crippen molar-refractivity contribution in [3.63, 3.8) is 0 Å². The molecule has 0 spiro atoms. The summed E-state index contributed by atoms with van der Waals surface area (Å²) in [5, 5.41) is 10.6. The number of benzene rings is 1. The van der Waals surface area contributed by atoms with Gasteiger partial charge in [-0.1, -0.05) is 20.8 Å². The maximum absolute atomic E-state index is 10.6. The fraction of sp³-hybridized carbons (Fsp3) is 0.588. The van der Waals surface area contributed by atoms with Crippen LogP contribution in [0.4, 0.5) is 0 Å². The van der Waals surface area contributed by atoms with Gasteiger partial charge in [-0.15, -0.1) is 0 Å². The number of aryl methyl sites for hydroxylation is 1. The van der Waals surface area contributed by atoms with Crippen LogP contribution < -0.4 is 9.47 Å². The number of ether oxygens (including phenoxy) is 2. The number of aliphatic hydroxyl groups excluding tert-OH is 1. The fourth-order valence-corrected chi connectivity index (χ4v) is 2.45. The average Bonchev–Trinajstić information content (AvgIpc) is 2.78. The first-order valence-corrected chi connectivity index (χ1v) is 7.74. The molecule has 0 aliphatic carbocycles. The van der Waals surface area contributed by atoms with Crippen LogP contribution in [0.25, 0.3) is 11.0 Å². The Bertz CT molecular complexity index is 656. The normalized spacial score (nSPS) is 13.4. The molecule has 5 nitrogen and oxygen atoms in total. The van der Waals surface area contributed by atoms with Crippen LogP contribution >= 0.6 is 0 Å². The van der Waals surface area contributed by atoms with Gasteiger partial charge in [-0.05, 0) is 31.4 Å². The van der Waals surface area contributed by atoms with E-state index < -0.39 is 6.10 Å². The van der Waals surface area contributed by atoms with E-state index in [-0.39, 0.29) is 5.41 Å². The Labute approximate surface area is 131 Å². The van der Waals surface area contributed by atoms with E-state index in [4.69, 9.17) is 9.47 Å². The van der Waals surface area contributed by atoms with Crippen LogP contribution in [-0.2, 0) is 7.05 Å². The molecule has 1 unspecified atom stereocenters. The highest BCUT2D eigenvalue weighted by Gasteiger charge is 2.29. The van der Waals surface area contributed by atoms with Crippen LogP contribution in [0.3, 0.4) is 0 Å². The largest absolute Gasteiger partial charge is 0.492 e. The van der Waals surface area contributed by atoms with E-state index in [2.05, 4.69) is 4.98 Å². The Hall–Kier alpha value is -1.75. The van der Waals surface area contributed by atoms with Crippen molar-refractivity contribution in [2.75, 3.05) is 13.2 Å². The molecule has 5 heteroatoms. The Morgan fingerprint density at radius 2 is 1.68 bits per heavy atom. The molecule has 0 saturated heterocycles. The second-order valence-corrected chi connectivity index (χ2v) is 6.42. The van der Waals surface area contributed by atoms with Crippen molar-refractivity contribution >= 4 is 11.0 Å². The molecule has 0 aliphatic rings. The molecule has 0 saturated carbocycles. The highest BCUT2D eigenvalue weighted by molar-refractivity contribution is 5.88. The van der Waals surface area contributed by atoms with Crippen LogP contribution in [0.1, 0.15) is 46.5 Å². The minimum absolute atomic E-state index is 0.299. The molecule has 2 rings (SSSR count). The van der Waals surface area contributed by atoms with Gasteiger partial charge in [-0.25, -0.2) is 4.98 Å². The van der Waals surface area contributed by atoms with Gasteiger partial charge in [0.1, 0.15) is 34.5 Å². The Kier molecular flexibility index (Phi) is 4.66. The smallest absolute Gasteiger partial charge is 0.147 e. The van der Waals surface area contributed by atoms with Gasteiger partial charge in [0.15, 0.2) is 0 Å². The van der Waals surface area contributed by atoms with Gasteiger partial charge in [-0.3, -0.25) is 0 Å². The fourth-order valence-electron chi connectivity index (χ4n) is 2.45. The number of hydrogen-bond acceptors (Lipinski definition) is 4. The van der Waals surface area contributed by atoms with Crippen LogP contribution in [0.2, 0.25) is 0 Å². The molecule has 1 heterocycles. The van der Waals surface area contributed by atoms with Gasteiger partial charge in [0.25, 0.3) is 0 Å². The molecular formula is C17H26N2O3. The molecule has 0 bridgehead atoms. The first-order chi connectivity index (χ1) is 10.3. The number of aromatic nitrogens is 2. The predicted molar refractivity (Wildman–Crippen MR) is 87.5 cm³/mol. The third-order valence-corrected chi connectivity index (χ3v) is 3.65. The van der Waals surface area contributed by atoms with Gasteiger partial charge >= 0.3 is 0 Å².